The smallest absolute Gasteiger partial charge is 0.320 e. The molecule has 2 rings (SSSR count). The zero-order valence-corrected chi connectivity index (χ0v) is 11.7. The van der Waals surface area contributed by atoms with Gasteiger partial charge in [0, 0.05) is 13.1 Å². The fourth-order valence-corrected chi connectivity index (χ4v) is 3.25. The van der Waals surface area contributed by atoms with Crippen molar-refractivity contribution in [3.8, 4) is 0 Å². The van der Waals surface area contributed by atoms with Crippen molar-refractivity contribution in [3.63, 3.8) is 0 Å². The molecule has 1 N–H and O–H groups in total. The summed E-state index contributed by atoms with van der Waals surface area (Å²) in [5.74, 6) is -0.731. The Kier molecular flexibility index (Phi) is 4.80. The van der Waals surface area contributed by atoms with E-state index < -0.39 is 12.0 Å². The molecule has 1 heterocycles. The number of likely N-dealkylation sites (tertiary alicyclic amines) is 1. The zero-order chi connectivity index (χ0) is 13.8. The van der Waals surface area contributed by atoms with Crippen LogP contribution in [-0.2, 0) is 9.59 Å². The average molecular weight is 268 g/mol. The second-order valence-electron chi connectivity index (χ2n) is 5.76. The summed E-state index contributed by atoms with van der Waals surface area (Å²) in [6, 6.07) is -0.115. The van der Waals surface area contributed by atoms with Crippen molar-refractivity contribution < 1.29 is 14.7 Å². The van der Waals surface area contributed by atoms with Gasteiger partial charge in [-0.2, -0.15) is 0 Å². The number of carboxylic acids is 1. The highest BCUT2D eigenvalue weighted by molar-refractivity contribution is 5.80. The number of amides is 1. The number of rotatable bonds is 4. The van der Waals surface area contributed by atoms with Gasteiger partial charge in [-0.3, -0.25) is 14.5 Å². The number of carbonyl (C=O) groups excluding carboxylic acids is 1. The van der Waals surface area contributed by atoms with Crippen LogP contribution in [0.4, 0.5) is 0 Å². The molecule has 2 aliphatic rings. The van der Waals surface area contributed by atoms with Crippen LogP contribution < -0.4 is 0 Å². The normalized spacial score (nSPS) is 25.4. The van der Waals surface area contributed by atoms with Crippen LogP contribution in [0.3, 0.4) is 0 Å². The molecule has 0 bridgehead atoms. The van der Waals surface area contributed by atoms with Crippen LogP contribution in [0.2, 0.25) is 0 Å². The molecule has 0 radical (unpaired) electrons. The van der Waals surface area contributed by atoms with E-state index in [2.05, 4.69) is 0 Å². The third-order valence-corrected chi connectivity index (χ3v) is 4.50. The summed E-state index contributed by atoms with van der Waals surface area (Å²) in [6.07, 6.45) is 7.38. The first-order chi connectivity index (χ1) is 9.09. The van der Waals surface area contributed by atoms with Gasteiger partial charge in [0.1, 0.15) is 6.04 Å². The molecule has 0 aromatic heterocycles. The first-order valence-electron chi connectivity index (χ1n) is 7.32. The molecule has 2 fully saturated rings. The number of aliphatic carboxylic acids is 1. The molecule has 108 valence electrons. The summed E-state index contributed by atoms with van der Waals surface area (Å²) in [5, 5.41) is 9.12. The molecule has 1 atom stereocenters. The van der Waals surface area contributed by atoms with Crippen LogP contribution in [0.25, 0.3) is 0 Å². The van der Waals surface area contributed by atoms with E-state index >= 15 is 0 Å². The number of hydrogen-bond donors (Lipinski definition) is 1. The quantitative estimate of drug-likeness (QED) is 0.835. The van der Waals surface area contributed by atoms with Gasteiger partial charge in [-0.1, -0.05) is 19.3 Å². The second-order valence-corrected chi connectivity index (χ2v) is 5.76. The summed E-state index contributed by atoms with van der Waals surface area (Å²) < 4.78 is 0. The first-order valence-corrected chi connectivity index (χ1v) is 7.32. The van der Waals surface area contributed by atoms with E-state index in [1.165, 1.54) is 19.3 Å². The fraction of sp³-hybridized carbons (Fsp3) is 0.857. The van der Waals surface area contributed by atoms with Crippen LogP contribution >= 0.6 is 0 Å². The van der Waals surface area contributed by atoms with Crippen LogP contribution in [0.1, 0.15) is 44.9 Å². The van der Waals surface area contributed by atoms with Gasteiger partial charge in [-0.15, -0.1) is 0 Å². The van der Waals surface area contributed by atoms with Crippen molar-refractivity contribution in [1.29, 1.82) is 0 Å². The Balaban J connectivity index is 1.87. The maximum Gasteiger partial charge on any atom is 0.320 e. The van der Waals surface area contributed by atoms with Crippen LogP contribution in [0, 0.1) is 0 Å². The fourth-order valence-electron chi connectivity index (χ4n) is 3.25. The van der Waals surface area contributed by atoms with Crippen molar-refractivity contribution >= 4 is 11.9 Å². The standard InChI is InChI=1S/C14H24N2O3/c1-15(11-6-3-2-4-7-11)13(17)10-16-9-5-8-12(16)14(18)19/h11-12H,2-10H2,1H3,(H,18,19)/t12-/m1/s1. The van der Waals surface area contributed by atoms with Crippen LogP contribution in [0.15, 0.2) is 0 Å². The number of nitrogens with zero attached hydrogens (tertiary/aromatic N) is 2. The van der Waals surface area contributed by atoms with Gasteiger partial charge in [0.05, 0.1) is 6.54 Å². The highest BCUT2D eigenvalue weighted by Gasteiger charge is 2.33. The summed E-state index contributed by atoms with van der Waals surface area (Å²) in [7, 11) is 1.87. The Morgan fingerprint density at radius 3 is 2.47 bits per heavy atom. The van der Waals surface area contributed by atoms with E-state index in [0.29, 0.717) is 12.5 Å². The van der Waals surface area contributed by atoms with E-state index in [4.69, 9.17) is 5.11 Å². The number of hydrogen-bond acceptors (Lipinski definition) is 3. The predicted octanol–water partition coefficient (Wildman–Crippen LogP) is 1.33. The molecule has 1 saturated heterocycles. The van der Waals surface area contributed by atoms with Gasteiger partial charge in [0.15, 0.2) is 0 Å². The molecule has 0 spiro atoms. The molecule has 1 amide bonds. The minimum absolute atomic E-state index is 0.0695. The van der Waals surface area contributed by atoms with Gasteiger partial charge in [-0.05, 0) is 32.2 Å². The summed E-state index contributed by atoms with van der Waals surface area (Å²) in [5.41, 5.74) is 0. The van der Waals surface area contributed by atoms with E-state index in [1.54, 1.807) is 0 Å². The Morgan fingerprint density at radius 1 is 1.16 bits per heavy atom. The average Bonchev–Trinajstić information content (AvgIpc) is 2.87. The lowest BCUT2D eigenvalue weighted by molar-refractivity contribution is -0.143. The number of carboxylic acid groups (broad SMARTS) is 1. The molecule has 0 aromatic rings. The van der Waals surface area contributed by atoms with Crippen molar-refractivity contribution in [1.82, 2.24) is 9.80 Å². The molecule has 5 nitrogen and oxygen atoms in total. The Hall–Kier alpha value is -1.10. The third kappa shape index (κ3) is 3.47. The lowest BCUT2D eigenvalue weighted by atomic mass is 9.94. The van der Waals surface area contributed by atoms with Crippen molar-refractivity contribution in [3.05, 3.63) is 0 Å². The second kappa shape index (κ2) is 6.37. The molecule has 1 aliphatic heterocycles. The van der Waals surface area contributed by atoms with Crippen LogP contribution in [-0.4, -0.2) is 59.0 Å². The van der Waals surface area contributed by atoms with E-state index in [-0.39, 0.29) is 12.5 Å². The molecule has 0 unspecified atom stereocenters. The molecule has 5 heteroatoms. The van der Waals surface area contributed by atoms with Crippen LogP contribution in [0.5, 0.6) is 0 Å². The Bertz CT molecular complexity index is 340. The molecular weight excluding hydrogens is 244 g/mol. The lowest BCUT2D eigenvalue weighted by Gasteiger charge is -2.33. The first kappa shape index (κ1) is 14.3. The summed E-state index contributed by atoms with van der Waals surface area (Å²) >= 11 is 0. The minimum Gasteiger partial charge on any atom is -0.480 e. The molecule has 19 heavy (non-hydrogen) atoms. The maximum absolute atomic E-state index is 12.3. The summed E-state index contributed by atoms with van der Waals surface area (Å²) in [6.45, 7) is 0.977. The summed E-state index contributed by atoms with van der Waals surface area (Å²) in [4.78, 5) is 27.0. The van der Waals surface area contributed by atoms with E-state index in [0.717, 1.165) is 25.8 Å². The maximum atomic E-state index is 12.3. The predicted molar refractivity (Wildman–Crippen MR) is 71.9 cm³/mol. The number of likely N-dealkylation sites (N-methyl/N-ethyl adjacent to an activating group) is 1. The van der Waals surface area contributed by atoms with Crippen molar-refractivity contribution in [2.24, 2.45) is 0 Å². The number of carbonyl (C=O) groups is 2. The molecule has 1 saturated carbocycles. The van der Waals surface area contributed by atoms with Gasteiger partial charge in [0.25, 0.3) is 0 Å². The highest BCUT2D eigenvalue weighted by atomic mass is 16.4. The topological polar surface area (TPSA) is 60.9 Å². The highest BCUT2D eigenvalue weighted by Crippen LogP contribution is 2.23. The lowest BCUT2D eigenvalue weighted by Crippen LogP contribution is -2.46. The SMILES string of the molecule is CN(C(=O)CN1CCC[C@@H]1C(=O)O)C1CCCCC1. The monoisotopic (exact) mass is 268 g/mol. The molecule has 1 aliphatic carbocycles. The van der Waals surface area contributed by atoms with E-state index in [1.807, 2.05) is 16.8 Å². The molecule has 0 aromatic carbocycles. The van der Waals surface area contributed by atoms with Gasteiger partial charge >= 0.3 is 5.97 Å². The van der Waals surface area contributed by atoms with Gasteiger partial charge < -0.3 is 10.0 Å². The zero-order valence-electron chi connectivity index (χ0n) is 11.7. The van der Waals surface area contributed by atoms with Gasteiger partial charge in [-0.25, -0.2) is 0 Å². The van der Waals surface area contributed by atoms with Crippen molar-refractivity contribution in [2.75, 3.05) is 20.1 Å². The minimum atomic E-state index is -0.800. The largest absolute Gasteiger partial charge is 0.480 e. The van der Waals surface area contributed by atoms with Crippen molar-refractivity contribution in [2.45, 2.75) is 57.0 Å². The third-order valence-electron chi connectivity index (χ3n) is 4.50. The molecular formula is C14H24N2O3. The Labute approximate surface area is 114 Å². The van der Waals surface area contributed by atoms with E-state index in [9.17, 15) is 9.59 Å². The van der Waals surface area contributed by atoms with Gasteiger partial charge in [0.2, 0.25) is 5.91 Å². The Morgan fingerprint density at radius 2 is 1.84 bits per heavy atom.